The van der Waals surface area contributed by atoms with Crippen molar-refractivity contribution < 1.29 is 18.0 Å². The first-order valence-corrected chi connectivity index (χ1v) is 5.34. The van der Waals surface area contributed by atoms with Gasteiger partial charge in [0.05, 0.1) is 5.56 Å². The number of aromatic amines is 1. The number of hydrogen-bond acceptors (Lipinski definition) is 2. The van der Waals surface area contributed by atoms with Gasteiger partial charge in [-0.05, 0) is 6.07 Å². The number of carbonyl (C=O) groups is 1. The van der Waals surface area contributed by atoms with Crippen LogP contribution in [0.1, 0.15) is 10.4 Å². The van der Waals surface area contributed by atoms with E-state index in [0.29, 0.717) is 5.39 Å². The Morgan fingerprint density at radius 3 is 2.47 bits per heavy atom. The lowest BCUT2D eigenvalue weighted by molar-refractivity contribution is -0.123. The number of fused-ring (bicyclic) bond motifs is 1. The molecular weight excluding hydrogens is 261 g/mol. The fourth-order valence-corrected chi connectivity index (χ4v) is 1.67. The van der Waals surface area contributed by atoms with E-state index in [0.717, 1.165) is 6.20 Å². The molecule has 4 nitrogen and oxygen atoms in total. The van der Waals surface area contributed by atoms with Gasteiger partial charge in [-0.2, -0.15) is 13.2 Å². The van der Waals surface area contributed by atoms with Crippen molar-refractivity contribution in [3.05, 3.63) is 46.4 Å². The van der Waals surface area contributed by atoms with Gasteiger partial charge in [-0.1, -0.05) is 18.2 Å². The maximum absolute atomic E-state index is 12.0. The number of hydrogen-bond donors (Lipinski definition) is 2. The lowest BCUT2D eigenvalue weighted by atomic mass is 10.1. The molecule has 100 valence electrons. The highest BCUT2D eigenvalue weighted by atomic mass is 19.4. The predicted molar refractivity (Wildman–Crippen MR) is 63.0 cm³/mol. The Bertz CT molecular complexity index is 676. The molecule has 0 bridgehead atoms. The molecule has 2 aromatic rings. The molecule has 1 heterocycles. The van der Waals surface area contributed by atoms with Crippen molar-refractivity contribution in [3.63, 3.8) is 0 Å². The zero-order valence-corrected chi connectivity index (χ0v) is 9.54. The van der Waals surface area contributed by atoms with E-state index in [-0.39, 0.29) is 10.9 Å². The van der Waals surface area contributed by atoms with Gasteiger partial charge >= 0.3 is 6.18 Å². The third kappa shape index (κ3) is 2.93. The van der Waals surface area contributed by atoms with Gasteiger partial charge in [0.2, 0.25) is 0 Å². The van der Waals surface area contributed by atoms with Crippen LogP contribution in [0.15, 0.2) is 35.3 Å². The maximum atomic E-state index is 12.0. The normalized spacial score (nSPS) is 11.5. The first kappa shape index (κ1) is 13.1. The lowest BCUT2D eigenvalue weighted by Crippen LogP contribution is -2.34. The smallest absolute Gasteiger partial charge is 0.343 e. The quantitative estimate of drug-likeness (QED) is 0.874. The first-order valence-electron chi connectivity index (χ1n) is 5.34. The van der Waals surface area contributed by atoms with Gasteiger partial charge in [-0.3, -0.25) is 9.59 Å². The molecule has 0 aliphatic carbocycles. The second-order valence-electron chi connectivity index (χ2n) is 3.87. The minimum absolute atomic E-state index is 0.000509. The van der Waals surface area contributed by atoms with Crippen molar-refractivity contribution >= 4 is 16.7 Å². The van der Waals surface area contributed by atoms with Crippen LogP contribution in [0.5, 0.6) is 0 Å². The largest absolute Gasteiger partial charge is 0.405 e. The van der Waals surface area contributed by atoms with E-state index in [2.05, 4.69) is 4.98 Å². The van der Waals surface area contributed by atoms with Crippen LogP contribution in [0.25, 0.3) is 10.8 Å². The van der Waals surface area contributed by atoms with Gasteiger partial charge in [0.15, 0.2) is 0 Å². The van der Waals surface area contributed by atoms with Gasteiger partial charge in [0.25, 0.3) is 11.5 Å². The summed E-state index contributed by atoms with van der Waals surface area (Å²) in [5.74, 6) is -0.884. The molecule has 0 unspecified atom stereocenters. The van der Waals surface area contributed by atoms with Gasteiger partial charge < -0.3 is 10.3 Å². The molecule has 0 radical (unpaired) electrons. The average Bonchev–Trinajstić information content (AvgIpc) is 2.36. The van der Waals surface area contributed by atoms with Crippen molar-refractivity contribution in [2.75, 3.05) is 6.54 Å². The fourth-order valence-electron chi connectivity index (χ4n) is 1.67. The summed E-state index contributed by atoms with van der Waals surface area (Å²) in [6.07, 6.45) is -3.37. The summed E-state index contributed by atoms with van der Waals surface area (Å²) in [6, 6.07) is 6.21. The van der Waals surface area contributed by atoms with E-state index in [1.54, 1.807) is 17.4 Å². The molecule has 0 atom stereocenters. The number of aromatic nitrogens is 1. The third-order valence-electron chi connectivity index (χ3n) is 2.50. The molecule has 0 saturated carbocycles. The number of H-pyrrole nitrogens is 1. The van der Waals surface area contributed by atoms with Crippen LogP contribution in [-0.2, 0) is 0 Å². The Balaban J connectivity index is 2.38. The number of carbonyl (C=O) groups excluding carboxylic acids is 1. The van der Waals surface area contributed by atoms with Crippen LogP contribution in [0, 0.1) is 0 Å². The Morgan fingerprint density at radius 2 is 1.84 bits per heavy atom. The first-order chi connectivity index (χ1) is 8.88. The SMILES string of the molecule is O=C(NCC(F)(F)F)c1c[nH]c(=O)c2ccccc12. The highest BCUT2D eigenvalue weighted by Crippen LogP contribution is 2.16. The second-order valence-corrected chi connectivity index (χ2v) is 3.87. The van der Waals surface area contributed by atoms with Crippen molar-refractivity contribution in [3.8, 4) is 0 Å². The number of benzene rings is 1. The number of nitrogens with one attached hydrogen (secondary N) is 2. The zero-order chi connectivity index (χ0) is 14.0. The van der Waals surface area contributed by atoms with Crippen molar-refractivity contribution in [2.24, 2.45) is 0 Å². The number of amides is 1. The van der Waals surface area contributed by atoms with Gasteiger partial charge in [-0.15, -0.1) is 0 Å². The van der Waals surface area contributed by atoms with Crippen LogP contribution >= 0.6 is 0 Å². The molecule has 2 rings (SSSR count). The average molecular weight is 270 g/mol. The molecule has 0 spiro atoms. The molecule has 2 N–H and O–H groups in total. The highest BCUT2D eigenvalue weighted by Gasteiger charge is 2.28. The van der Waals surface area contributed by atoms with E-state index in [9.17, 15) is 22.8 Å². The number of alkyl halides is 3. The fraction of sp³-hybridized carbons (Fsp3) is 0.167. The minimum Gasteiger partial charge on any atom is -0.343 e. The minimum atomic E-state index is -4.48. The van der Waals surface area contributed by atoms with Crippen LogP contribution in [0.3, 0.4) is 0 Å². The summed E-state index contributed by atoms with van der Waals surface area (Å²) in [7, 11) is 0. The summed E-state index contributed by atoms with van der Waals surface area (Å²) in [5, 5.41) is 2.33. The van der Waals surface area contributed by atoms with E-state index in [1.807, 2.05) is 0 Å². The molecule has 1 aromatic heterocycles. The Labute approximate surface area is 105 Å². The maximum Gasteiger partial charge on any atom is 0.405 e. The van der Waals surface area contributed by atoms with Crippen molar-refractivity contribution in [1.82, 2.24) is 10.3 Å². The van der Waals surface area contributed by atoms with E-state index in [1.165, 1.54) is 12.1 Å². The molecule has 0 aliphatic rings. The summed E-state index contributed by atoms with van der Waals surface area (Å²) in [6.45, 7) is -1.42. The molecule has 1 aromatic carbocycles. The lowest BCUT2D eigenvalue weighted by Gasteiger charge is -2.09. The van der Waals surface area contributed by atoms with Gasteiger partial charge in [0, 0.05) is 17.0 Å². The molecule has 0 saturated heterocycles. The number of halogens is 3. The number of rotatable bonds is 2. The summed E-state index contributed by atoms with van der Waals surface area (Å²) >= 11 is 0. The highest BCUT2D eigenvalue weighted by molar-refractivity contribution is 6.06. The van der Waals surface area contributed by atoms with E-state index in [4.69, 9.17) is 0 Å². The summed E-state index contributed by atoms with van der Waals surface area (Å²) < 4.78 is 36.1. The van der Waals surface area contributed by atoms with Gasteiger partial charge in [0.1, 0.15) is 6.54 Å². The molecular formula is C12H9F3N2O2. The standard InChI is InChI=1S/C12H9F3N2O2/c13-12(14,15)6-17-11(19)9-5-16-10(18)8-4-2-1-3-7(8)9/h1-5H,6H2,(H,16,18)(H,17,19). The second kappa shape index (κ2) is 4.75. The molecule has 19 heavy (non-hydrogen) atoms. The summed E-state index contributed by atoms with van der Waals surface area (Å²) in [5.41, 5.74) is -0.401. The topological polar surface area (TPSA) is 62.0 Å². The monoisotopic (exact) mass is 270 g/mol. The number of pyridine rings is 1. The zero-order valence-electron chi connectivity index (χ0n) is 9.54. The van der Waals surface area contributed by atoms with Crippen molar-refractivity contribution in [1.29, 1.82) is 0 Å². The summed E-state index contributed by atoms with van der Waals surface area (Å²) in [4.78, 5) is 25.5. The van der Waals surface area contributed by atoms with Crippen molar-refractivity contribution in [2.45, 2.75) is 6.18 Å². The van der Waals surface area contributed by atoms with Gasteiger partial charge in [-0.25, -0.2) is 0 Å². The predicted octanol–water partition coefficient (Wildman–Crippen LogP) is 1.82. The van der Waals surface area contributed by atoms with E-state index >= 15 is 0 Å². The molecule has 1 amide bonds. The third-order valence-corrected chi connectivity index (χ3v) is 2.50. The molecule has 0 fully saturated rings. The Hall–Kier alpha value is -2.31. The van der Waals surface area contributed by atoms with Crippen LogP contribution in [-0.4, -0.2) is 23.6 Å². The molecule has 0 aliphatic heterocycles. The Kier molecular flexibility index (Phi) is 3.28. The van der Waals surface area contributed by atoms with Crippen LogP contribution < -0.4 is 10.9 Å². The molecule has 7 heteroatoms. The van der Waals surface area contributed by atoms with E-state index < -0.39 is 24.2 Å². The Morgan fingerprint density at radius 1 is 1.21 bits per heavy atom. The van der Waals surface area contributed by atoms with Crippen LogP contribution in [0.2, 0.25) is 0 Å². The van der Waals surface area contributed by atoms with Crippen LogP contribution in [0.4, 0.5) is 13.2 Å².